The van der Waals surface area contributed by atoms with Gasteiger partial charge in [0.1, 0.15) is 12.1 Å². The van der Waals surface area contributed by atoms with Crippen molar-refractivity contribution in [3.8, 4) is 0 Å². The molecule has 0 aromatic heterocycles. The Hall–Kier alpha value is -2.04. The third kappa shape index (κ3) is 2.86. The van der Waals surface area contributed by atoms with E-state index in [4.69, 9.17) is 9.84 Å². The molecule has 1 aromatic rings. The molecule has 2 N–H and O–H groups in total. The van der Waals surface area contributed by atoms with Crippen molar-refractivity contribution in [2.45, 2.75) is 31.9 Å². The molecule has 19 heavy (non-hydrogen) atoms. The maximum atomic E-state index is 11.6. The van der Waals surface area contributed by atoms with E-state index in [1.165, 1.54) is 0 Å². The van der Waals surface area contributed by atoms with Crippen molar-refractivity contribution in [3.63, 3.8) is 0 Å². The Bertz CT molecular complexity index is 474. The van der Waals surface area contributed by atoms with Gasteiger partial charge in [0, 0.05) is 0 Å². The zero-order valence-electron chi connectivity index (χ0n) is 10.8. The van der Waals surface area contributed by atoms with E-state index >= 15 is 0 Å². The Morgan fingerprint density at radius 1 is 1.42 bits per heavy atom. The SMILES string of the molecule is CC[C@@H]1C[C@]1(NC(=O)OCc1ccccc1)C(=O)O. The molecule has 102 valence electrons. The van der Waals surface area contributed by atoms with E-state index in [2.05, 4.69) is 5.32 Å². The average Bonchev–Trinajstić information content (AvgIpc) is 3.12. The van der Waals surface area contributed by atoms with Gasteiger partial charge in [-0.25, -0.2) is 9.59 Å². The van der Waals surface area contributed by atoms with Crippen LogP contribution in [0.1, 0.15) is 25.3 Å². The maximum absolute atomic E-state index is 11.6. The summed E-state index contributed by atoms with van der Waals surface area (Å²) in [7, 11) is 0. The number of carboxylic acids is 1. The molecule has 0 aliphatic heterocycles. The molecule has 2 atom stereocenters. The Morgan fingerprint density at radius 2 is 2.11 bits per heavy atom. The summed E-state index contributed by atoms with van der Waals surface area (Å²) in [4.78, 5) is 22.8. The van der Waals surface area contributed by atoms with Crippen molar-refractivity contribution in [2.24, 2.45) is 5.92 Å². The molecule has 2 rings (SSSR count). The number of rotatable bonds is 5. The van der Waals surface area contributed by atoms with Crippen LogP contribution in [0.2, 0.25) is 0 Å². The second-order valence-electron chi connectivity index (χ2n) is 4.77. The lowest BCUT2D eigenvalue weighted by Crippen LogP contribution is -2.45. The van der Waals surface area contributed by atoms with Gasteiger partial charge in [0.15, 0.2) is 0 Å². The highest BCUT2D eigenvalue weighted by Crippen LogP contribution is 2.46. The number of nitrogens with one attached hydrogen (secondary N) is 1. The van der Waals surface area contributed by atoms with Crippen LogP contribution in [0.15, 0.2) is 30.3 Å². The smallest absolute Gasteiger partial charge is 0.408 e. The molecule has 1 aliphatic rings. The molecule has 5 nitrogen and oxygen atoms in total. The van der Waals surface area contributed by atoms with Crippen LogP contribution in [0, 0.1) is 5.92 Å². The predicted molar refractivity (Wildman–Crippen MR) is 68.5 cm³/mol. The molecule has 0 bridgehead atoms. The second-order valence-corrected chi connectivity index (χ2v) is 4.77. The molecule has 1 amide bonds. The van der Waals surface area contributed by atoms with E-state index in [-0.39, 0.29) is 12.5 Å². The van der Waals surface area contributed by atoms with Gasteiger partial charge in [-0.15, -0.1) is 0 Å². The maximum Gasteiger partial charge on any atom is 0.408 e. The zero-order valence-corrected chi connectivity index (χ0v) is 10.8. The first-order valence-electron chi connectivity index (χ1n) is 6.30. The van der Waals surface area contributed by atoms with Crippen molar-refractivity contribution in [1.29, 1.82) is 0 Å². The van der Waals surface area contributed by atoms with Crippen molar-refractivity contribution in [1.82, 2.24) is 5.32 Å². The fraction of sp³-hybridized carbons (Fsp3) is 0.429. The molecule has 0 spiro atoms. The minimum absolute atomic E-state index is 0.00530. The first kappa shape index (κ1) is 13.4. The van der Waals surface area contributed by atoms with E-state index in [0.29, 0.717) is 6.42 Å². The number of carbonyl (C=O) groups is 2. The number of amides is 1. The molecule has 0 saturated heterocycles. The fourth-order valence-electron chi connectivity index (χ4n) is 2.23. The Balaban J connectivity index is 1.86. The van der Waals surface area contributed by atoms with Crippen LogP contribution in [0.3, 0.4) is 0 Å². The van der Waals surface area contributed by atoms with Gasteiger partial charge in [-0.1, -0.05) is 43.7 Å². The third-order valence-corrected chi connectivity index (χ3v) is 3.52. The van der Waals surface area contributed by atoms with Gasteiger partial charge < -0.3 is 15.2 Å². The number of alkyl carbamates (subject to hydrolysis) is 1. The van der Waals surface area contributed by atoms with Gasteiger partial charge in [0.25, 0.3) is 0 Å². The summed E-state index contributed by atoms with van der Waals surface area (Å²) in [5.41, 5.74) is -0.257. The van der Waals surface area contributed by atoms with E-state index in [0.717, 1.165) is 12.0 Å². The molecule has 1 saturated carbocycles. The summed E-state index contributed by atoms with van der Waals surface area (Å²) < 4.78 is 5.03. The van der Waals surface area contributed by atoms with Crippen LogP contribution >= 0.6 is 0 Å². The van der Waals surface area contributed by atoms with E-state index < -0.39 is 17.6 Å². The molecule has 1 fully saturated rings. The largest absolute Gasteiger partial charge is 0.479 e. The highest BCUT2D eigenvalue weighted by molar-refractivity contribution is 5.88. The molecule has 0 radical (unpaired) electrons. The van der Waals surface area contributed by atoms with Gasteiger partial charge in [0.05, 0.1) is 0 Å². The Kier molecular flexibility index (Phi) is 3.74. The first-order chi connectivity index (χ1) is 9.08. The van der Waals surface area contributed by atoms with Crippen LogP contribution in [0.5, 0.6) is 0 Å². The highest BCUT2D eigenvalue weighted by atomic mass is 16.5. The van der Waals surface area contributed by atoms with Gasteiger partial charge in [-0.2, -0.15) is 0 Å². The number of ether oxygens (including phenoxy) is 1. The average molecular weight is 263 g/mol. The Morgan fingerprint density at radius 3 is 2.63 bits per heavy atom. The lowest BCUT2D eigenvalue weighted by atomic mass is 10.2. The van der Waals surface area contributed by atoms with Crippen molar-refractivity contribution < 1.29 is 19.4 Å². The predicted octanol–water partition coefficient (Wildman–Crippen LogP) is 2.17. The van der Waals surface area contributed by atoms with Crippen LogP contribution in [0.25, 0.3) is 0 Å². The number of hydrogen-bond acceptors (Lipinski definition) is 3. The van der Waals surface area contributed by atoms with E-state index in [9.17, 15) is 9.59 Å². The van der Waals surface area contributed by atoms with Crippen LogP contribution in [-0.2, 0) is 16.1 Å². The number of carboxylic acid groups (broad SMARTS) is 1. The fourth-order valence-corrected chi connectivity index (χ4v) is 2.23. The number of carbonyl (C=O) groups excluding carboxylic acids is 1. The summed E-state index contributed by atoms with van der Waals surface area (Å²) in [6, 6.07) is 9.25. The van der Waals surface area contributed by atoms with Gasteiger partial charge >= 0.3 is 12.1 Å². The van der Waals surface area contributed by atoms with Crippen molar-refractivity contribution in [3.05, 3.63) is 35.9 Å². The Labute approximate surface area is 111 Å². The number of benzene rings is 1. The topological polar surface area (TPSA) is 75.6 Å². The van der Waals surface area contributed by atoms with E-state index in [1.54, 1.807) is 0 Å². The van der Waals surface area contributed by atoms with E-state index in [1.807, 2.05) is 37.3 Å². The summed E-state index contributed by atoms with van der Waals surface area (Å²) in [6.45, 7) is 2.05. The van der Waals surface area contributed by atoms with Crippen LogP contribution < -0.4 is 5.32 Å². The van der Waals surface area contributed by atoms with Gasteiger partial charge in [0.2, 0.25) is 0 Å². The molecular formula is C14H17NO4. The number of hydrogen-bond donors (Lipinski definition) is 2. The standard InChI is InChI=1S/C14H17NO4/c1-2-11-8-14(11,12(16)17)15-13(18)19-9-10-6-4-3-5-7-10/h3-7,11H,2,8-9H2,1H3,(H,15,18)(H,16,17)/t11-,14-/m1/s1. The molecule has 1 aliphatic carbocycles. The molecular weight excluding hydrogens is 246 g/mol. The molecule has 0 heterocycles. The summed E-state index contributed by atoms with van der Waals surface area (Å²) >= 11 is 0. The zero-order chi connectivity index (χ0) is 13.9. The van der Waals surface area contributed by atoms with Crippen LogP contribution in [0.4, 0.5) is 4.79 Å². The minimum Gasteiger partial charge on any atom is -0.479 e. The van der Waals surface area contributed by atoms with Gasteiger partial charge in [-0.3, -0.25) is 0 Å². The second kappa shape index (κ2) is 5.30. The summed E-state index contributed by atoms with van der Waals surface area (Å²) in [5.74, 6) is -0.995. The third-order valence-electron chi connectivity index (χ3n) is 3.52. The summed E-state index contributed by atoms with van der Waals surface area (Å²) in [5, 5.41) is 11.6. The number of aliphatic carboxylic acids is 1. The van der Waals surface area contributed by atoms with Crippen LogP contribution in [-0.4, -0.2) is 22.7 Å². The van der Waals surface area contributed by atoms with Crippen molar-refractivity contribution >= 4 is 12.1 Å². The van der Waals surface area contributed by atoms with Gasteiger partial charge in [-0.05, 0) is 17.9 Å². The minimum atomic E-state index is -1.12. The molecule has 1 aromatic carbocycles. The summed E-state index contributed by atoms with van der Waals surface area (Å²) in [6.07, 6.45) is 0.520. The normalized spacial score (nSPS) is 24.6. The first-order valence-corrected chi connectivity index (χ1v) is 6.30. The monoisotopic (exact) mass is 263 g/mol. The molecule has 0 unspecified atom stereocenters. The highest BCUT2D eigenvalue weighted by Gasteiger charge is 2.60. The van der Waals surface area contributed by atoms with Crippen molar-refractivity contribution in [2.75, 3.05) is 0 Å². The lowest BCUT2D eigenvalue weighted by Gasteiger charge is -2.14. The molecule has 5 heteroatoms. The quantitative estimate of drug-likeness (QED) is 0.853. The lowest BCUT2D eigenvalue weighted by molar-refractivity contribution is -0.141.